The van der Waals surface area contributed by atoms with E-state index in [1.807, 2.05) is 97.1 Å². The van der Waals surface area contributed by atoms with Crippen LogP contribution in [0.25, 0.3) is 0 Å². The molecule has 0 amide bonds. The summed E-state index contributed by atoms with van der Waals surface area (Å²) in [5, 5.41) is 11.1. The van der Waals surface area contributed by atoms with E-state index in [9.17, 15) is 5.11 Å². The first-order chi connectivity index (χ1) is 14.3. The molecule has 0 radical (unpaired) electrons. The molecule has 1 N–H and O–H groups in total. The number of hydrogen-bond donors (Lipinski definition) is 1. The topological polar surface area (TPSA) is 38.7 Å². The van der Waals surface area contributed by atoms with Gasteiger partial charge in [0.15, 0.2) is 0 Å². The highest BCUT2D eigenvalue weighted by Crippen LogP contribution is 2.26. The summed E-state index contributed by atoms with van der Waals surface area (Å²) in [4.78, 5) is 0. The van der Waals surface area contributed by atoms with Crippen LogP contribution in [0, 0.1) is 0 Å². The van der Waals surface area contributed by atoms with Gasteiger partial charge in [0.1, 0.15) is 12.2 Å². The van der Waals surface area contributed by atoms with E-state index in [-0.39, 0.29) is 6.10 Å². The average molecular weight is 389 g/mol. The van der Waals surface area contributed by atoms with Crippen molar-refractivity contribution in [2.75, 3.05) is 0 Å². The van der Waals surface area contributed by atoms with E-state index in [1.54, 1.807) is 0 Å². The largest absolute Gasteiger partial charge is 0.386 e. The number of ether oxygens (including phenoxy) is 2. The quantitative estimate of drug-likeness (QED) is 0.443. The Morgan fingerprint density at radius 3 is 1.72 bits per heavy atom. The van der Waals surface area contributed by atoms with Crippen molar-refractivity contribution in [1.82, 2.24) is 0 Å². The van der Waals surface area contributed by atoms with E-state index < -0.39 is 12.2 Å². The first kappa shape index (κ1) is 21.0. The van der Waals surface area contributed by atoms with Gasteiger partial charge in [0.05, 0.1) is 19.3 Å². The maximum absolute atomic E-state index is 11.1. The molecule has 0 aliphatic rings. The minimum absolute atomic E-state index is 0.327. The van der Waals surface area contributed by atoms with E-state index in [0.29, 0.717) is 19.6 Å². The van der Waals surface area contributed by atoms with Crippen molar-refractivity contribution in [3.8, 4) is 0 Å². The predicted molar refractivity (Wildman–Crippen MR) is 116 cm³/mol. The lowest BCUT2D eigenvalue weighted by atomic mass is 9.98. The smallest absolute Gasteiger partial charge is 0.114 e. The number of hydrogen-bond acceptors (Lipinski definition) is 3. The van der Waals surface area contributed by atoms with Crippen molar-refractivity contribution in [3.63, 3.8) is 0 Å². The highest BCUT2D eigenvalue weighted by molar-refractivity contribution is 5.20. The van der Waals surface area contributed by atoms with E-state index >= 15 is 0 Å². The second kappa shape index (κ2) is 11.3. The minimum atomic E-state index is -0.805. The summed E-state index contributed by atoms with van der Waals surface area (Å²) in [5.74, 6) is 0. The molecule has 0 saturated carbocycles. The molecule has 0 aliphatic heterocycles. The van der Waals surface area contributed by atoms with Crippen LogP contribution in [0.3, 0.4) is 0 Å². The summed E-state index contributed by atoms with van der Waals surface area (Å²) in [5.41, 5.74) is 2.94. The van der Waals surface area contributed by atoms with E-state index in [1.165, 1.54) is 0 Å². The summed E-state index contributed by atoms with van der Waals surface area (Å²) in [6.07, 6.45) is 0.731. The van der Waals surface area contributed by atoms with Crippen molar-refractivity contribution in [3.05, 3.63) is 120 Å². The van der Waals surface area contributed by atoms with Gasteiger partial charge in [-0.3, -0.25) is 0 Å². The third-order valence-corrected chi connectivity index (χ3v) is 4.81. The Bertz CT molecular complexity index is 834. The lowest BCUT2D eigenvalue weighted by molar-refractivity contribution is -0.132. The second-order valence-corrected chi connectivity index (χ2v) is 6.98. The van der Waals surface area contributed by atoms with Gasteiger partial charge in [-0.15, -0.1) is 6.58 Å². The molecule has 3 nitrogen and oxygen atoms in total. The molecule has 0 heterocycles. The molecule has 0 unspecified atom stereocenters. The molecule has 0 saturated heterocycles. The van der Waals surface area contributed by atoms with Crippen molar-refractivity contribution >= 4 is 0 Å². The van der Waals surface area contributed by atoms with Crippen molar-refractivity contribution in [2.24, 2.45) is 0 Å². The van der Waals surface area contributed by atoms with Crippen LogP contribution in [-0.2, 0) is 22.7 Å². The molecule has 29 heavy (non-hydrogen) atoms. The Morgan fingerprint density at radius 1 is 0.724 bits per heavy atom. The molecule has 0 aromatic heterocycles. The zero-order valence-corrected chi connectivity index (χ0v) is 16.6. The van der Waals surface area contributed by atoms with Gasteiger partial charge in [-0.2, -0.15) is 0 Å². The molecule has 150 valence electrons. The van der Waals surface area contributed by atoms with Gasteiger partial charge >= 0.3 is 0 Å². The van der Waals surface area contributed by atoms with Crippen LogP contribution in [0.5, 0.6) is 0 Å². The fraction of sp³-hybridized carbons (Fsp3) is 0.231. The summed E-state index contributed by atoms with van der Waals surface area (Å²) in [7, 11) is 0. The first-order valence-electron chi connectivity index (χ1n) is 9.93. The molecule has 3 atom stereocenters. The Balaban J connectivity index is 1.78. The molecule has 3 aromatic rings. The van der Waals surface area contributed by atoms with Crippen molar-refractivity contribution in [2.45, 2.75) is 37.9 Å². The molecule has 3 aromatic carbocycles. The van der Waals surface area contributed by atoms with Crippen LogP contribution < -0.4 is 0 Å². The van der Waals surface area contributed by atoms with E-state index in [4.69, 9.17) is 9.47 Å². The maximum Gasteiger partial charge on any atom is 0.114 e. The fourth-order valence-corrected chi connectivity index (χ4v) is 3.25. The fourth-order valence-electron chi connectivity index (χ4n) is 3.25. The highest BCUT2D eigenvalue weighted by Gasteiger charge is 2.30. The molecule has 3 rings (SSSR count). The lowest BCUT2D eigenvalue weighted by Gasteiger charge is -2.31. The second-order valence-electron chi connectivity index (χ2n) is 6.98. The number of aliphatic hydroxyl groups excluding tert-OH is 1. The van der Waals surface area contributed by atoms with Crippen molar-refractivity contribution < 1.29 is 14.6 Å². The SMILES string of the molecule is C=CC[C@H](OCc1ccccc1)[C@H](OCc1ccccc1)[C@H](O)c1ccccc1. The average Bonchev–Trinajstić information content (AvgIpc) is 2.79. The highest BCUT2D eigenvalue weighted by atomic mass is 16.5. The van der Waals surface area contributed by atoms with Gasteiger partial charge in [-0.05, 0) is 23.1 Å². The summed E-state index contributed by atoms with van der Waals surface area (Å²) >= 11 is 0. The lowest BCUT2D eigenvalue weighted by Crippen LogP contribution is -2.36. The first-order valence-corrected chi connectivity index (χ1v) is 9.93. The Kier molecular flexibility index (Phi) is 8.20. The molecule has 0 spiro atoms. The minimum Gasteiger partial charge on any atom is -0.386 e. The van der Waals surface area contributed by atoms with Gasteiger partial charge in [0.25, 0.3) is 0 Å². The van der Waals surface area contributed by atoms with Crippen LogP contribution in [0.4, 0.5) is 0 Å². The Labute approximate surface area is 173 Å². The van der Waals surface area contributed by atoms with Crippen LogP contribution in [0.1, 0.15) is 29.2 Å². The summed E-state index contributed by atoms with van der Waals surface area (Å²) in [6.45, 7) is 4.72. The molecule has 0 bridgehead atoms. The molecule has 0 aliphatic carbocycles. The number of benzene rings is 3. The van der Waals surface area contributed by atoms with E-state index in [2.05, 4.69) is 6.58 Å². The van der Waals surface area contributed by atoms with Gasteiger partial charge in [-0.25, -0.2) is 0 Å². The van der Waals surface area contributed by atoms with Crippen LogP contribution in [-0.4, -0.2) is 17.3 Å². The maximum atomic E-state index is 11.1. The normalized spacial score (nSPS) is 14.1. The Hall–Kier alpha value is -2.72. The zero-order chi connectivity index (χ0) is 20.3. The molecular weight excluding hydrogens is 360 g/mol. The van der Waals surface area contributed by atoms with Crippen LogP contribution in [0.15, 0.2) is 104 Å². The molecule has 3 heteroatoms. The number of aliphatic hydroxyl groups is 1. The standard InChI is InChI=1S/C26H28O3/c1-2-12-24(28-19-21-13-6-3-7-14-21)26(25(27)23-17-10-5-11-18-23)29-20-22-15-8-4-9-16-22/h2-11,13-18,24-27H,1,12,19-20H2/t24-,25+,26-/m0/s1. The van der Waals surface area contributed by atoms with Gasteiger partial charge in [-0.1, -0.05) is 97.1 Å². The van der Waals surface area contributed by atoms with Gasteiger partial charge < -0.3 is 14.6 Å². The summed E-state index contributed by atoms with van der Waals surface area (Å²) in [6, 6.07) is 29.6. The third kappa shape index (κ3) is 6.40. The Morgan fingerprint density at radius 2 is 1.21 bits per heavy atom. The zero-order valence-electron chi connectivity index (χ0n) is 16.6. The van der Waals surface area contributed by atoms with Crippen LogP contribution >= 0.6 is 0 Å². The van der Waals surface area contributed by atoms with Crippen LogP contribution in [0.2, 0.25) is 0 Å². The predicted octanol–water partition coefficient (Wildman–Crippen LogP) is 5.47. The third-order valence-electron chi connectivity index (χ3n) is 4.81. The van der Waals surface area contributed by atoms with Gasteiger partial charge in [0, 0.05) is 0 Å². The monoisotopic (exact) mass is 388 g/mol. The van der Waals surface area contributed by atoms with E-state index in [0.717, 1.165) is 16.7 Å². The number of rotatable bonds is 11. The molecule has 0 fully saturated rings. The van der Waals surface area contributed by atoms with Gasteiger partial charge in [0.2, 0.25) is 0 Å². The summed E-state index contributed by atoms with van der Waals surface area (Å²) < 4.78 is 12.4. The van der Waals surface area contributed by atoms with Crippen molar-refractivity contribution in [1.29, 1.82) is 0 Å². The molecular formula is C26H28O3.